The number of hydrogen-bond donors (Lipinski definition) is 0. The van der Waals surface area contributed by atoms with E-state index in [9.17, 15) is 5.26 Å². The zero-order valence-corrected chi connectivity index (χ0v) is 12.6. The fourth-order valence-corrected chi connectivity index (χ4v) is 2.77. The van der Waals surface area contributed by atoms with E-state index in [1.165, 1.54) is 6.42 Å². The minimum absolute atomic E-state index is 0.519. The van der Waals surface area contributed by atoms with Gasteiger partial charge in [-0.1, -0.05) is 24.6 Å². The van der Waals surface area contributed by atoms with Crippen molar-refractivity contribution in [2.45, 2.75) is 32.2 Å². The van der Waals surface area contributed by atoms with E-state index >= 15 is 0 Å². The van der Waals surface area contributed by atoms with Crippen LogP contribution in [0.5, 0.6) is 5.75 Å². The molecule has 1 aromatic heterocycles. The van der Waals surface area contributed by atoms with Gasteiger partial charge in [0.1, 0.15) is 17.6 Å². The molecule has 5 nitrogen and oxygen atoms in total. The lowest BCUT2D eigenvalue weighted by Crippen LogP contribution is -2.05. The number of nitriles is 1. The number of ether oxygens (including phenoxy) is 1. The summed E-state index contributed by atoms with van der Waals surface area (Å²) in [6.07, 6.45) is 6.18. The second-order valence-corrected chi connectivity index (χ2v) is 5.31. The molecule has 0 fully saturated rings. The number of benzene rings is 1. The van der Waals surface area contributed by atoms with Gasteiger partial charge in [-0.05, 0) is 25.0 Å². The molecule has 0 atom stereocenters. The Bertz CT molecular complexity index is 739. The Balaban J connectivity index is 2.04. The molecule has 3 rings (SSSR count). The minimum atomic E-state index is 0.519. The summed E-state index contributed by atoms with van der Waals surface area (Å²) in [7, 11) is 1.63. The van der Waals surface area contributed by atoms with E-state index in [-0.39, 0.29) is 0 Å². The molecule has 0 N–H and O–H groups in total. The van der Waals surface area contributed by atoms with E-state index in [2.05, 4.69) is 20.8 Å². The monoisotopic (exact) mass is 294 g/mol. The van der Waals surface area contributed by atoms with Gasteiger partial charge >= 0.3 is 0 Å². The van der Waals surface area contributed by atoms with Crippen LogP contribution in [0.25, 0.3) is 11.6 Å². The predicted molar refractivity (Wildman–Crippen MR) is 84.1 cm³/mol. The first-order chi connectivity index (χ1) is 10.8. The van der Waals surface area contributed by atoms with Crippen LogP contribution in [-0.2, 0) is 13.0 Å². The van der Waals surface area contributed by atoms with Crippen LogP contribution in [0.3, 0.4) is 0 Å². The zero-order chi connectivity index (χ0) is 15.4. The lowest BCUT2D eigenvalue weighted by molar-refractivity contribution is 0.414. The number of allylic oxidation sites excluding steroid dienone is 1. The van der Waals surface area contributed by atoms with Crippen LogP contribution in [0.15, 0.2) is 24.3 Å². The number of rotatable bonds is 3. The third-order valence-corrected chi connectivity index (χ3v) is 3.91. The highest BCUT2D eigenvalue weighted by Gasteiger charge is 2.18. The molecular formula is C17H18N4O. The summed E-state index contributed by atoms with van der Waals surface area (Å²) in [5.41, 5.74) is 1.39. The normalized spacial score (nSPS) is 14.8. The first-order valence-electron chi connectivity index (χ1n) is 7.50. The Morgan fingerprint density at radius 1 is 1.27 bits per heavy atom. The largest absolute Gasteiger partial charge is 0.496 e. The summed E-state index contributed by atoms with van der Waals surface area (Å²) < 4.78 is 7.42. The SMILES string of the molecule is COc1ccccc1/C=C(\C#N)c1nnc2n1CCCCC2. The maximum atomic E-state index is 9.55. The van der Waals surface area contributed by atoms with Crippen molar-refractivity contribution in [2.75, 3.05) is 7.11 Å². The predicted octanol–water partition coefficient (Wildman–Crippen LogP) is 3.08. The zero-order valence-electron chi connectivity index (χ0n) is 12.6. The summed E-state index contributed by atoms with van der Waals surface area (Å²) in [6.45, 7) is 0.878. The molecule has 0 bridgehead atoms. The van der Waals surface area contributed by atoms with Crippen molar-refractivity contribution < 1.29 is 4.74 Å². The van der Waals surface area contributed by atoms with Gasteiger partial charge in [0.15, 0.2) is 5.82 Å². The van der Waals surface area contributed by atoms with Crippen LogP contribution in [-0.4, -0.2) is 21.9 Å². The number of methoxy groups -OCH3 is 1. The fourth-order valence-electron chi connectivity index (χ4n) is 2.77. The Labute approximate surface area is 129 Å². The molecule has 0 amide bonds. The van der Waals surface area contributed by atoms with Crippen LogP contribution >= 0.6 is 0 Å². The van der Waals surface area contributed by atoms with E-state index in [0.717, 1.165) is 42.9 Å². The molecule has 0 spiro atoms. The topological polar surface area (TPSA) is 63.7 Å². The van der Waals surface area contributed by atoms with Gasteiger partial charge in [0, 0.05) is 18.5 Å². The molecule has 1 aliphatic heterocycles. The molecule has 0 aliphatic carbocycles. The highest BCUT2D eigenvalue weighted by molar-refractivity contribution is 5.88. The highest BCUT2D eigenvalue weighted by atomic mass is 16.5. The molecule has 0 saturated carbocycles. The van der Waals surface area contributed by atoms with Crippen LogP contribution in [0.1, 0.15) is 36.5 Å². The van der Waals surface area contributed by atoms with Gasteiger partial charge in [0.2, 0.25) is 0 Å². The highest BCUT2D eigenvalue weighted by Crippen LogP contribution is 2.25. The molecule has 1 aromatic carbocycles. The number of fused-ring (bicyclic) bond motifs is 1. The molecule has 2 heterocycles. The van der Waals surface area contributed by atoms with E-state index in [1.807, 2.05) is 30.3 Å². The van der Waals surface area contributed by atoms with E-state index in [0.29, 0.717) is 11.4 Å². The number of para-hydroxylation sites is 1. The molecule has 22 heavy (non-hydrogen) atoms. The standard InChI is InChI=1S/C17H18N4O/c1-22-15-8-5-4-7-13(15)11-14(12-18)17-20-19-16-9-3-2-6-10-21(16)17/h4-5,7-8,11H,2-3,6,9-10H2,1H3/b14-11+. The lowest BCUT2D eigenvalue weighted by Gasteiger charge is -2.07. The van der Waals surface area contributed by atoms with Gasteiger partial charge in [0.05, 0.1) is 12.7 Å². The number of aromatic nitrogens is 3. The smallest absolute Gasteiger partial charge is 0.174 e. The minimum Gasteiger partial charge on any atom is -0.496 e. The fraction of sp³-hybridized carbons (Fsp3) is 0.353. The number of aryl methyl sites for hydroxylation is 1. The van der Waals surface area contributed by atoms with Gasteiger partial charge < -0.3 is 9.30 Å². The third-order valence-electron chi connectivity index (χ3n) is 3.91. The Morgan fingerprint density at radius 2 is 2.14 bits per heavy atom. The average molecular weight is 294 g/mol. The molecular weight excluding hydrogens is 276 g/mol. The van der Waals surface area contributed by atoms with Crippen molar-refractivity contribution in [1.29, 1.82) is 5.26 Å². The van der Waals surface area contributed by atoms with E-state index in [1.54, 1.807) is 7.11 Å². The van der Waals surface area contributed by atoms with Gasteiger partial charge in [0.25, 0.3) is 0 Å². The quantitative estimate of drug-likeness (QED) is 0.816. The van der Waals surface area contributed by atoms with Crippen molar-refractivity contribution in [3.8, 4) is 11.8 Å². The molecule has 0 unspecified atom stereocenters. The first kappa shape index (κ1) is 14.3. The van der Waals surface area contributed by atoms with Crippen LogP contribution < -0.4 is 4.74 Å². The van der Waals surface area contributed by atoms with Gasteiger partial charge in [-0.3, -0.25) is 0 Å². The van der Waals surface area contributed by atoms with Crippen molar-refractivity contribution in [1.82, 2.24) is 14.8 Å². The van der Waals surface area contributed by atoms with Crippen LogP contribution in [0.2, 0.25) is 0 Å². The number of hydrogen-bond acceptors (Lipinski definition) is 4. The van der Waals surface area contributed by atoms with E-state index < -0.39 is 0 Å². The van der Waals surface area contributed by atoms with Crippen LogP contribution in [0.4, 0.5) is 0 Å². The second kappa shape index (κ2) is 6.44. The first-order valence-corrected chi connectivity index (χ1v) is 7.50. The Kier molecular flexibility index (Phi) is 4.19. The maximum Gasteiger partial charge on any atom is 0.174 e. The summed E-state index contributed by atoms with van der Waals surface area (Å²) in [5.74, 6) is 2.38. The van der Waals surface area contributed by atoms with Crippen molar-refractivity contribution in [3.63, 3.8) is 0 Å². The maximum absolute atomic E-state index is 9.55. The Hall–Kier alpha value is -2.61. The molecule has 5 heteroatoms. The van der Waals surface area contributed by atoms with Crippen LogP contribution in [0, 0.1) is 11.3 Å². The van der Waals surface area contributed by atoms with Crippen molar-refractivity contribution in [2.24, 2.45) is 0 Å². The molecule has 0 radical (unpaired) electrons. The summed E-state index contributed by atoms with van der Waals surface area (Å²) in [4.78, 5) is 0. The molecule has 1 aliphatic rings. The van der Waals surface area contributed by atoms with Gasteiger partial charge in [-0.25, -0.2) is 0 Å². The lowest BCUT2D eigenvalue weighted by atomic mass is 10.1. The third kappa shape index (κ3) is 2.73. The second-order valence-electron chi connectivity index (χ2n) is 5.31. The Morgan fingerprint density at radius 3 is 2.95 bits per heavy atom. The number of nitrogens with zero attached hydrogens (tertiary/aromatic N) is 4. The van der Waals surface area contributed by atoms with Gasteiger partial charge in [-0.15, -0.1) is 10.2 Å². The van der Waals surface area contributed by atoms with Crippen molar-refractivity contribution in [3.05, 3.63) is 41.5 Å². The van der Waals surface area contributed by atoms with E-state index in [4.69, 9.17) is 4.74 Å². The summed E-state index contributed by atoms with van der Waals surface area (Å²) >= 11 is 0. The summed E-state index contributed by atoms with van der Waals surface area (Å²) in [6, 6.07) is 9.90. The average Bonchev–Trinajstić information content (AvgIpc) is 2.81. The van der Waals surface area contributed by atoms with Crippen molar-refractivity contribution >= 4 is 11.6 Å². The molecule has 0 saturated heterocycles. The van der Waals surface area contributed by atoms with Gasteiger partial charge in [-0.2, -0.15) is 5.26 Å². The molecule has 112 valence electrons. The summed E-state index contributed by atoms with van der Waals surface area (Å²) in [5, 5.41) is 18.1. The molecule has 2 aromatic rings.